The van der Waals surface area contributed by atoms with Crippen LogP contribution in [0.1, 0.15) is 34.0 Å². The summed E-state index contributed by atoms with van der Waals surface area (Å²) in [5.41, 5.74) is 5.78. The van der Waals surface area contributed by atoms with E-state index < -0.39 is 0 Å². The first-order valence-corrected chi connectivity index (χ1v) is 10.5. The summed E-state index contributed by atoms with van der Waals surface area (Å²) in [7, 11) is 0. The minimum Gasteiger partial charge on any atom is -0.490 e. The molecule has 160 valence electrons. The Morgan fingerprint density at radius 2 is 1.84 bits per heavy atom. The van der Waals surface area contributed by atoms with Gasteiger partial charge < -0.3 is 9.47 Å². The molecule has 1 N–H and O–H groups in total. The zero-order valence-electron chi connectivity index (χ0n) is 17.2. The summed E-state index contributed by atoms with van der Waals surface area (Å²) in [5, 5.41) is 4.95. The van der Waals surface area contributed by atoms with Gasteiger partial charge in [-0.2, -0.15) is 5.10 Å². The Morgan fingerprint density at radius 1 is 1.06 bits per heavy atom. The van der Waals surface area contributed by atoms with E-state index in [4.69, 9.17) is 32.7 Å². The molecule has 3 aromatic carbocycles. The topological polar surface area (TPSA) is 59.9 Å². The fourth-order valence-electron chi connectivity index (χ4n) is 2.85. The van der Waals surface area contributed by atoms with Crippen molar-refractivity contribution in [3.8, 4) is 11.5 Å². The van der Waals surface area contributed by atoms with Crippen molar-refractivity contribution in [2.24, 2.45) is 5.10 Å². The van der Waals surface area contributed by atoms with Crippen LogP contribution in [0.25, 0.3) is 0 Å². The highest BCUT2D eigenvalue weighted by Crippen LogP contribution is 2.37. The number of amides is 1. The van der Waals surface area contributed by atoms with Crippen molar-refractivity contribution in [2.45, 2.75) is 20.5 Å². The van der Waals surface area contributed by atoms with Gasteiger partial charge in [-0.05, 0) is 61.4 Å². The zero-order chi connectivity index (χ0) is 22.2. The predicted octanol–water partition coefficient (Wildman–Crippen LogP) is 6.04. The van der Waals surface area contributed by atoms with Gasteiger partial charge >= 0.3 is 0 Å². The molecule has 31 heavy (non-hydrogen) atoms. The van der Waals surface area contributed by atoms with Gasteiger partial charge in [0.1, 0.15) is 6.61 Å². The Labute approximate surface area is 191 Å². The minimum atomic E-state index is -0.345. The van der Waals surface area contributed by atoms with Crippen LogP contribution >= 0.6 is 23.2 Å². The molecule has 5 nitrogen and oxygen atoms in total. The lowest BCUT2D eigenvalue weighted by atomic mass is 10.1. The van der Waals surface area contributed by atoms with Gasteiger partial charge in [-0.25, -0.2) is 5.43 Å². The van der Waals surface area contributed by atoms with Crippen molar-refractivity contribution in [1.82, 2.24) is 5.43 Å². The number of benzene rings is 3. The van der Waals surface area contributed by atoms with Crippen molar-refractivity contribution >= 4 is 35.3 Å². The fourth-order valence-corrected chi connectivity index (χ4v) is 3.25. The SMILES string of the molecule is CCOc1cc(/C=N\NC(=O)c2ccc(Cl)cc2)cc(Cl)c1OCc1cccc(C)c1. The van der Waals surface area contributed by atoms with Gasteiger partial charge in [-0.1, -0.05) is 53.0 Å². The number of ether oxygens (including phenoxy) is 2. The van der Waals surface area contributed by atoms with E-state index in [2.05, 4.69) is 16.6 Å². The molecule has 1 amide bonds. The Bertz CT molecular complexity index is 1080. The van der Waals surface area contributed by atoms with Crippen LogP contribution in [0, 0.1) is 6.92 Å². The van der Waals surface area contributed by atoms with Crippen LogP contribution in [0.15, 0.2) is 65.8 Å². The molecule has 3 aromatic rings. The summed E-state index contributed by atoms with van der Waals surface area (Å²) < 4.78 is 11.7. The van der Waals surface area contributed by atoms with Crippen LogP contribution in [0.4, 0.5) is 0 Å². The molecular weight excluding hydrogens is 435 g/mol. The Kier molecular flexibility index (Phi) is 7.93. The number of carbonyl (C=O) groups is 1. The molecule has 0 bridgehead atoms. The molecule has 0 fully saturated rings. The van der Waals surface area contributed by atoms with E-state index in [-0.39, 0.29) is 5.91 Å². The number of hydrazone groups is 1. The maximum atomic E-state index is 12.1. The number of hydrogen-bond acceptors (Lipinski definition) is 4. The second kappa shape index (κ2) is 10.8. The molecular formula is C24H22Cl2N2O3. The smallest absolute Gasteiger partial charge is 0.271 e. The van der Waals surface area contributed by atoms with Crippen LogP contribution in [0.2, 0.25) is 10.0 Å². The van der Waals surface area contributed by atoms with Gasteiger partial charge in [-0.3, -0.25) is 4.79 Å². The molecule has 0 atom stereocenters. The lowest BCUT2D eigenvalue weighted by molar-refractivity contribution is 0.0955. The first kappa shape index (κ1) is 22.7. The lowest BCUT2D eigenvalue weighted by Gasteiger charge is -2.14. The lowest BCUT2D eigenvalue weighted by Crippen LogP contribution is -2.17. The van der Waals surface area contributed by atoms with Gasteiger partial charge in [0.2, 0.25) is 0 Å². The molecule has 3 rings (SSSR count). The maximum Gasteiger partial charge on any atom is 0.271 e. The molecule has 0 radical (unpaired) electrons. The van der Waals surface area contributed by atoms with E-state index in [1.807, 2.05) is 32.0 Å². The largest absolute Gasteiger partial charge is 0.490 e. The predicted molar refractivity (Wildman–Crippen MR) is 125 cm³/mol. The second-order valence-electron chi connectivity index (χ2n) is 6.75. The fraction of sp³-hybridized carbons (Fsp3) is 0.167. The average Bonchev–Trinajstić information content (AvgIpc) is 2.74. The van der Waals surface area contributed by atoms with E-state index in [9.17, 15) is 4.79 Å². The molecule has 0 saturated carbocycles. The highest BCUT2D eigenvalue weighted by atomic mass is 35.5. The average molecular weight is 457 g/mol. The van der Waals surface area contributed by atoms with E-state index >= 15 is 0 Å². The Balaban J connectivity index is 1.72. The first-order chi connectivity index (χ1) is 15.0. The summed E-state index contributed by atoms with van der Waals surface area (Å²) in [6.45, 7) is 4.73. The standard InChI is InChI=1S/C24H22Cl2N2O3/c1-3-30-22-13-18(14-27-28-24(29)19-7-9-20(25)10-8-19)12-21(26)23(22)31-15-17-6-4-5-16(2)11-17/h4-14H,3,15H2,1-2H3,(H,28,29)/b27-14-. The van der Waals surface area contributed by atoms with E-state index in [1.165, 1.54) is 6.21 Å². The number of nitrogens with one attached hydrogen (secondary N) is 1. The zero-order valence-corrected chi connectivity index (χ0v) is 18.7. The second-order valence-corrected chi connectivity index (χ2v) is 7.59. The third kappa shape index (κ3) is 6.48. The Morgan fingerprint density at radius 3 is 2.55 bits per heavy atom. The van der Waals surface area contributed by atoms with E-state index in [0.29, 0.717) is 45.9 Å². The summed E-state index contributed by atoms with van der Waals surface area (Å²) in [5.74, 6) is 0.627. The third-order valence-corrected chi connectivity index (χ3v) is 4.82. The molecule has 0 aromatic heterocycles. The van der Waals surface area contributed by atoms with E-state index in [1.54, 1.807) is 36.4 Å². The van der Waals surface area contributed by atoms with Crippen LogP contribution in [0.3, 0.4) is 0 Å². The molecule has 0 aliphatic carbocycles. The van der Waals surface area contributed by atoms with Crippen LogP contribution in [-0.2, 0) is 6.61 Å². The number of rotatable bonds is 8. The summed E-state index contributed by atoms with van der Waals surface area (Å²) in [6, 6.07) is 18.1. The highest BCUT2D eigenvalue weighted by Gasteiger charge is 2.13. The maximum absolute atomic E-state index is 12.1. The van der Waals surface area contributed by atoms with Crippen LogP contribution in [-0.4, -0.2) is 18.7 Å². The number of hydrogen-bond donors (Lipinski definition) is 1. The summed E-state index contributed by atoms with van der Waals surface area (Å²) >= 11 is 12.3. The summed E-state index contributed by atoms with van der Waals surface area (Å²) in [4.78, 5) is 12.1. The number of halogens is 2. The molecule has 0 aliphatic rings. The minimum absolute atomic E-state index is 0.345. The van der Waals surface area contributed by atoms with E-state index in [0.717, 1.165) is 11.1 Å². The molecule has 0 heterocycles. The Hall–Kier alpha value is -3.02. The monoisotopic (exact) mass is 456 g/mol. The third-order valence-electron chi connectivity index (χ3n) is 4.28. The number of nitrogens with zero attached hydrogens (tertiary/aromatic N) is 1. The first-order valence-electron chi connectivity index (χ1n) is 9.70. The van der Waals surface area contributed by atoms with Gasteiger partial charge in [-0.15, -0.1) is 0 Å². The van der Waals surface area contributed by atoms with Crippen molar-refractivity contribution in [3.63, 3.8) is 0 Å². The normalized spacial score (nSPS) is 10.8. The van der Waals surface area contributed by atoms with Crippen molar-refractivity contribution in [1.29, 1.82) is 0 Å². The van der Waals surface area contributed by atoms with Crippen LogP contribution in [0.5, 0.6) is 11.5 Å². The summed E-state index contributed by atoms with van der Waals surface area (Å²) in [6.07, 6.45) is 1.49. The molecule has 7 heteroatoms. The van der Waals surface area contributed by atoms with Crippen molar-refractivity contribution in [2.75, 3.05) is 6.61 Å². The van der Waals surface area contributed by atoms with Gasteiger partial charge in [0.25, 0.3) is 5.91 Å². The van der Waals surface area contributed by atoms with Crippen LogP contribution < -0.4 is 14.9 Å². The van der Waals surface area contributed by atoms with Crippen molar-refractivity contribution in [3.05, 3.63) is 93.0 Å². The molecule has 0 aliphatic heterocycles. The molecule has 0 spiro atoms. The van der Waals surface area contributed by atoms with Gasteiger partial charge in [0.05, 0.1) is 17.8 Å². The number of carbonyl (C=O) groups excluding carboxylic acids is 1. The van der Waals surface area contributed by atoms with Crippen molar-refractivity contribution < 1.29 is 14.3 Å². The molecule has 0 unspecified atom stereocenters. The quantitative estimate of drug-likeness (QED) is 0.331. The molecule has 0 saturated heterocycles. The van der Waals surface area contributed by atoms with Gasteiger partial charge in [0, 0.05) is 10.6 Å². The number of aryl methyl sites for hydroxylation is 1. The van der Waals surface area contributed by atoms with Gasteiger partial charge in [0.15, 0.2) is 11.5 Å². The highest BCUT2D eigenvalue weighted by molar-refractivity contribution is 6.32.